The summed E-state index contributed by atoms with van der Waals surface area (Å²) in [4.78, 5) is 13.9. The van der Waals surface area contributed by atoms with E-state index in [-0.39, 0.29) is 6.03 Å². The van der Waals surface area contributed by atoms with Gasteiger partial charge in [0, 0.05) is 12.6 Å². The summed E-state index contributed by atoms with van der Waals surface area (Å²) in [5.41, 5.74) is 0. The molecule has 4 nitrogen and oxygen atoms in total. The molecule has 0 aromatic carbocycles. The van der Waals surface area contributed by atoms with Crippen molar-refractivity contribution in [2.24, 2.45) is 7.05 Å². The molecule has 0 bridgehead atoms. The van der Waals surface area contributed by atoms with E-state index in [1.807, 2.05) is 29.6 Å². The number of rotatable bonds is 2. The summed E-state index contributed by atoms with van der Waals surface area (Å²) < 4.78 is 3.51. The van der Waals surface area contributed by atoms with Gasteiger partial charge < -0.3 is 4.90 Å². The van der Waals surface area contributed by atoms with Crippen LogP contribution >= 0.6 is 0 Å². The van der Waals surface area contributed by atoms with Gasteiger partial charge in [0.25, 0.3) is 6.33 Å². The molecule has 0 unspecified atom stereocenters. The lowest BCUT2D eigenvalue weighted by molar-refractivity contribution is -0.670. The van der Waals surface area contributed by atoms with Gasteiger partial charge in [-0.05, 0) is 19.8 Å². The highest BCUT2D eigenvalue weighted by Crippen LogP contribution is 2.26. The van der Waals surface area contributed by atoms with Gasteiger partial charge in [-0.25, -0.2) is 9.36 Å². The SMILES string of the molecule is CCN(C(=O)n1cc[n+](C)c1)C1CC1. The van der Waals surface area contributed by atoms with Crippen LogP contribution in [0.4, 0.5) is 4.79 Å². The highest BCUT2D eigenvalue weighted by molar-refractivity contribution is 5.77. The molecule has 4 heteroatoms. The predicted molar refractivity (Wildman–Crippen MR) is 51.8 cm³/mol. The molecule has 76 valence electrons. The van der Waals surface area contributed by atoms with Crippen molar-refractivity contribution in [3.05, 3.63) is 18.7 Å². The number of aryl methyl sites for hydroxylation is 1. The third-order valence-corrected chi connectivity index (χ3v) is 2.56. The van der Waals surface area contributed by atoms with Crippen LogP contribution in [0.25, 0.3) is 0 Å². The smallest absolute Gasteiger partial charge is 0.302 e. The highest BCUT2D eigenvalue weighted by Gasteiger charge is 2.34. The number of amides is 1. The maximum atomic E-state index is 11.9. The van der Waals surface area contributed by atoms with Gasteiger partial charge in [-0.1, -0.05) is 0 Å². The summed E-state index contributed by atoms with van der Waals surface area (Å²) in [5, 5.41) is 0. The van der Waals surface area contributed by atoms with Crippen LogP contribution in [0.1, 0.15) is 19.8 Å². The van der Waals surface area contributed by atoms with E-state index in [9.17, 15) is 4.79 Å². The molecule has 1 aliphatic rings. The van der Waals surface area contributed by atoms with Crippen molar-refractivity contribution in [1.82, 2.24) is 9.47 Å². The van der Waals surface area contributed by atoms with Crippen molar-refractivity contribution in [1.29, 1.82) is 0 Å². The molecule has 0 aliphatic heterocycles. The zero-order chi connectivity index (χ0) is 10.1. The Bertz CT molecular complexity index is 341. The van der Waals surface area contributed by atoms with Crippen molar-refractivity contribution in [2.45, 2.75) is 25.8 Å². The quantitative estimate of drug-likeness (QED) is 0.639. The average molecular weight is 194 g/mol. The number of carbonyl (C=O) groups is 1. The Kier molecular flexibility index (Phi) is 2.27. The molecule has 1 aromatic heterocycles. The summed E-state index contributed by atoms with van der Waals surface area (Å²) in [6.07, 6.45) is 7.79. The van der Waals surface area contributed by atoms with E-state index >= 15 is 0 Å². The van der Waals surface area contributed by atoms with E-state index in [0.717, 1.165) is 19.4 Å². The van der Waals surface area contributed by atoms with E-state index in [1.54, 1.807) is 17.1 Å². The Morgan fingerprint density at radius 1 is 1.64 bits per heavy atom. The molecule has 0 saturated heterocycles. The fourth-order valence-corrected chi connectivity index (χ4v) is 1.65. The summed E-state index contributed by atoms with van der Waals surface area (Å²) in [6.45, 7) is 2.82. The van der Waals surface area contributed by atoms with Gasteiger partial charge in [-0.15, -0.1) is 0 Å². The fourth-order valence-electron chi connectivity index (χ4n) is 1.65. The minimum Gasteiger partial charge on any atom is -0.302 e. The maximum Gasteiger partial charge on any atom is 0.416 e. The molecule has 1 fully saturated rings. The molecule has 0 N–H and O–H groups in total. The van der Waals surface area contributed by atoms with E-state index < -0.39 is 0 Å². The van der Waals surface area contributed by atoms with Gasteiger partial charge in [-0.3, -0.25) is 0 Å². The first-order chi connectivity index (χ1) is 6.72. The predicted octanol–water partition coefficient (Wildman–Crippen LogP) is 0.765. The number of carbonyl (C=O) groups excluding carboxylic acids is 1. The van der Waals surface area contributed by atoms with E-state index in [1.165, 1.54) is 0 Å². The topological polar surface area (TPSA) is 29.1 Å². The Hall–Kier alpha value is -1.32. The van der Waals surface area contributed by atoms with Crippen LogP contribution in [-0.4, -0.2) is 28.1 Å². The molecule has 1 aliphatic carbocycles. The fraction of sp³-hybridized carbons (Fsp3) is 0.600. The third kappa shape index (κ3) is 1.64. The lowest BCUT2D eigenvalue weighted by Crippen LogP contribution is -2.36. The molecular formula is C10H16N3O+. The van der Waals surface area contributed by atoms with Crippen molar-refractivity contribution < 1.29 is 9.36 Å². The van der Waals surface area contributed by atoms with E-state index in [2.05, 4.69) is 0 Å². The van der Waals surface area contributed by atoms with Gasteiger partial charge >= 0.3 is 6.03 Å². The molecule has 1 aromatic rings. The second-order valence-corrected chi connectivity index (χ2v) is 3.79. The largest absolute Gasteiger partial charge is 0.416 e. The lowest BCUT2D eigenvalue weighted by atomic mass is 10.5. The zero-order valence-corrected chi connectivity index (χ0v) is 8.68. The molecule has 0 radical (unpaired) electrons. The second-order valence-electron chi connectivity index (χ2n) is 3.79. The molecular weight excluding hydrogens is 178 g/mol. The second kappa shape index (κ2) is 3.44. The van der Waals surface area contributed by atoms with Gasteiger partial charge in [0.1, 0.15) is 12.4 Å². The normalized spacial score (nSPS) is 15.6. The lowest BCUT2D eigenvalue weighted by Gasteiger charge is -2.16. The Labute approximate surface area is 83.8 Å². The van der Waals surface area contributed by atoms with E-state index in [0.29, 0.717) is 6.04 Å². The van der Waals surface area contributed by atoms with Crippen LogP contribution in [-0.2, 0) is 7.05 Å². The van der Waals surface area contributed by atoms with Gasteiger partial charge in [0.15, 0.2) is 0 Å². The van der Waals surface area contributed by atoms with Gasteiger partial charge in [0.05, 0.1) is 7.05 Å². The Morgan fingerprint density at radius 3 is 2.79 bits per heavy atom. The summed E-state index contributed by atoms with van der Waals surface area (Å²) in [6, 6.07) is 0.579. The van der Waals surface area contributed by atoms with Crippen molar-refractivity contribution in [2.75, 3.05) is 6.54 Å². The van der Waals surface area contributed by atoms with Gasteiger partial charge in [0.2, 0.25) is 0 Å². The first kappa shape index (κ1) is 9.24. The monoisotopic (exact) mass is 194 g/mol. The van der Waals surface area contributed by atoms with E-state index in [4.69, 9.17) is 0 Å². The minimum atomic E-state index is 0.0931. The number of aromatic nitrogens is 2. The molecule has 1 heterocycles. The Morgan fingerprint density at radius 2 is 2.36 bits per heavy atom. The third-order valence-electron chi connectivity index (χ3n) is 2.56. The Balaban J connectivity index is 2.13. The van der Waals surface area contributed by atoms with Crippen LogP contribution in [0, 0.1) is 0 Å². The van der Waals surface area contributed by atoms with Crippen LogP contribution in [0.5, 0.6) is 0 Å². The van der Waals surface area contributed by atoms with Crippen LogP contribution in [0.2, 0.25) is 0 Å². The molecule has 0 atom stereocenters. The summed E-state index contributed by atoms with van der Waals surface area (Å²) in [5.74, 6) is 0. The minimum absolute atomic E-state index is 0.0931. The maximum absolute atomic E-state index is 11.9. The van der Waals surface area contributed by atoms with Crippen LogP contribution in [0.15, 0.2) is 18.7 Å². The van der Waals surface area contributed by atoms with Crippen molar-refractivity contribution in [3.63, 3.8) is 0 Å². The number of hydrogen-bond acceptors (Lipinski definition) is 1. The van der Waals surface area contributed by atoms with Crippen molar-refractivity contribution >= 4 is 6.03 Å². The first-order valence-corrected chi connectivity index (χ1v) is 5.06. The standard InChI is InChI=1S/C10H16N3O/c1-3-13(9-4-5-9)10(14)12-7-6-11(2)8-12/h6-9H,3-5H2,1-2H3/q+1. The number of hydrogen-bond donors (Lipinski definition) is 0. The van der Waals surface area contributed by atoms with Gasteiger partial charge in [-0.2, -0.15) is 4.57 Å². The molecule has 1 saturated carbocycles. The zero-order valence-electron chi connectivity index (χ0n) is 8.68. The highest BCUT2D eigenvalue weighted by atomic mass is 16.2. The summed E-state index contributed by atoms with van der Waals surface area (Å²) >= 11 is 0. The average Bonchev–Trinajstić information content (AvgIpc) is 2.90. The first-order valence-electron chi connectivity index (χ1n) is 5.06. The number of nitrogens with zero attached hydrogens (tertiary/aromatic N) is 3. The molecule has 14 heavy (non-hydrogen) atoms. The van der Waals surface area contributed by atoms with Crippen molar-refractivity contribution in [3.8, 4) is 0 Å². The number of imidazole rings is 1. The molecule has 0 spiro atoms. The van der Waals surface area contributed by atoms with Crippen LogP contribution in [0.3, 0.4) is 0 Å². The molecule has 2 rings (SSSR count). The van der Waals surface area contributed by atoms with Crippen LogP contribution < -0.4 is 4.57 Å². The molecule has 1 amide bonds. The summed E-state index contributed by atoms with van der Waals surface area (Å²) in [7, 11) is 1.91.